The number of rotatable bonds is 3. The van der Waals surface area contributed by atoms with Crippen LogP contribution in [0.5, 0.6) is 0 Å². The molecule has 0 bridgehead atoms. The summed E-state index contributed by atoms with van der Waals surface area (Å²) in [7, 11) is 0. The van der Waals surface area contributed by atoms with Gasteiger partial charge in [0, 0.05) is 12.0 Å². The standard InChI is InChI=1S/C12H23NO/c1-9-7-12(9,8-13)11(14)10-5-3-2-4-6-10/h9-11,14H,2-8,13H2,1H3/t9-,11+,12-/m1/s1. The maximum absolute atomic E-state index is 10.4. The summed E-state index contributed by atoms with van der Waals surface area (Å²) in [5.41, 5.74) is 5.91. The third-order valence-electron chi connectivity index (χ3n) is 4.57. The van der Waals surface area contributed by atoms with Crippen LogP contribution in [0.15, 0.2) is 0 Å². The van der Waals surface area contributed by atoms with Gasteiger partial charge in [-0.1, -0.05) is 26.2 Å². The molecular formula is C12H23NO. The molecule has 0 amide bonds. The molecule has 0 spiro atoms. The molecule has 0 aromatic carbocycles. The average Bonchev–Trinajstić information content (AvgIpc) is 2.91. The Balaban J connectivity index is 1.96. The summed E-state index contributed by atoms with van der Waals surface area (Å²) < 4.78 is 0. The molecule has 0 unspecified atom stereocenters. The summed E-state index contributed by atoms with van der Waals surface area (Å²) in [5, 5.41) is 10.4. The molecule has 2 aliphatic carbocycles. The third-order valence-corrected chi connectivity index (χ3v) is 4.57. The first-order chi connectivity index (χ1) is 6.70. The van der Waals surface area contributed by atoms with Gasteiger partial charge in [-0.15, -0.1) is 0 Å². The molecular weight excluding hydrogens is 174 g/mol. The Hall–Kier alpha value is -0.0800. The first kappa shape index (κ1) is 10.4. The van der Waals surface area contributed by atoms with Crippen molar-refractivity contribution in [1.29, 1.82) is 0 Å². The van der Waals surface area contributed by atoms with Gasteiger partial charge in [-0.05, 0) is 31.1 Å². The normalized spacial score (nSPS) is 40.9. The van der Waals surface area contributed by atoms with Crippen molar-refractivity contribution >= 4 is 0 Å². The van der Waals surface area contributed by atoms with E-state index in [1.165, 1.54) is 32.1 Å². The molecule has 3 N–H and O–H groups in total. The lowest BCUT2D eigenvalue weighted by Gasteiger charge is -2.32. The third kappa shape index (κ3) is 1.59. The molecule has 0 heterocycles. The zero-order chi connectivity index (χ0) is 10.2. The van der Waals surface area contributed by atoms with Crippen molar-refractivity contribution in [2.45, 2.75) is 51.6 Å². The van der Waals surface area contributed by atoms with Crippen molar-refractivity contribution in [2.24, 2.45) is 23.0 Å². The monoisotopic (exact) mass is 197 g/mol. The lowest BCUT2D eigenvalue weighted by atomic mass is 9.78. The van der Waals surface area contributed by atoms with E-state index in [-0.39, 0.29) is 11.5 Å². The summed E-state index contributed by atoms with van der Waals surface area (Å²) in [4.78, 5) is 0. The van der Waals surface area contributed by atoms with Gasteiger partial charge in [0.25, 0.3) is 0 Å². The number of aliphatic hydroxyl groups excluding tert-OH is 1. The van der Waals surface area contributed by atoms with Crippen LogP contribution in [-0.4, -0.2) is 17.8 Å². The van der Waals surface area contributed by atoms with Crippen LogP contribution in [0.1, 0.15) is 45.4 Å². The lowest BCUT2D eigenvalue weighted by Crippen LogP contribution is -2.38. The van der Waals surface area contributed by atoms with E-state index in [2.05, 4.69) is 6.92 Å². The fourth-order valence-corrected chi connectivity index (χ4v) is 3.25. The van der Waals surface area contributed by atoms with Crippen LogP contribution < -0.4 is 5.73 Å². The molecule has 14 heavy (non-hydrogen) atoms. The summed E-state index contributed by atoms with van der Waals surface area (Å²) in [6.07, 6.45) is 7.41. The van der Waals surface area contributed by atoms with Crippen molar-refractivity contribution in [3.05, 3.63) is 0 Å². The van der Waals surface area contributed by atoms with E-state index < -0.39 is 0 Å². The van der Waals surface area contributed by atoms with Gasteiger partial charge in [0.05, 0.1) is 6.10 Å². The van der Waals surface area contributed by atoms with Crippen LogP contribution >= 0.6 is 0 Å². The second-order valence-electron chi connectivity index (χ2n) is 5.39. The predicted octanol–water partition coefficient (Wildman–Crippen LogP) is 1.91. The highest BCUT2D eigenvalue weighted by atomic mass is 16.3. The lowest BCUT2D eigenvalue weighted by molar-refractivity contribution is 0.0182. The van der Waals surface area contributed by atoms with Gasteiger partial charge >= 0.3 is 0 Å². The summed E-state index contributed by atoms with van der Waals surface area (Å²) >= 11 is 0. The molecule has 82 valence electrons. The highest BCUT2D eigenvalue weighted by Gasteiger charge is 2.56. The Morgan fingerprint density at radius 2 is 1.93 bits per heavy atom. The Kier molecular flexibility index (Phi) is 2.85. The Morgan fingerprint density at radius 1 is 1.36 bits per heavy atom. The predicted molar refractivity (Wildman–Crippen MR) is 57.9 cm³/mol. The molecule has 2 heteroatoms. The van der Waals surface area contributed by atoms with E-state index in [0.29, 0.717) is 18.4 Å². The van der Waals surface area contributed by atoms with Gasteiger partial charge in [-0.3, -0.25) is 0 Å². The fraction of sp³-hybridized carbons (Fsp3) is 1.00. The number of hydrogen-bond donors (Lipinski definition) is 2. The fourth-order valence-electron chi connectivity index (χ4n) is 3.25. The van der Waals surface area contributed by atoms with Crippen molar-refractivity contribution in [3.8, 4) is 0 Å². The molecule has 2 fully saturated rings. The quantitative estimate of drug-likeness (QED) is 0.726. The largest absolute Gasteiger partial charge is 0.392 e. The van der Waals surface area contributed by atoms with Gasteiger partial charge in [0.15, 0.2) is 0 Å². The number of aliphatic hydroxyl groups is 1. The zero-order valence-corrected chi connectivity index (χ0v) is 9.21. The van der Waals surface area contributed by atoms with Gasteiger partial charge in [0.1, 0.15) is 0 Å². The second-order valence-corrected chi connectivity index (χ2v) is 5.39. The summed E-state index contributed by atoms with van der Waals surface area (Å²) in [6, 6.07) is 0. The van der Waals surface area contributed by atoms with Crippen molar-refractivity contribution < 1.29 is 5.11 Å². The SMILES string of the molecule is C[C@@H]1C[C@]1(CN)[C@@H](O)C1CCCCC1. The van der Waals surface area contributed by atoms with Crippen molar-refractivity contribution in [1.82, 2.24) is 0 Å². The van der Waals surface area contributed by atoms with E-state index in [9.17, 15) is 5.11 Å². The molecule has 2 aliphatic rings. The van der Waals surface area contributed by atoms with E-state index in [1.54, 1.807) is 0 Å². The molecule has 3 atom stereocenters. The average molecular weight is 197 g/mol. The maximum atomic E-state index is 10.4. The Morgan fingerprint density at radius 3 is 2.36 bits per heavy atom. The van der Waals surface area contributed by atoms with Crippen LogP contribution in [0.3, 0.4) is 0 Å². The number of nitrogens with two attached hydrogens (primary N) is 1. The summed E-state index contributed by atoms with van der Waals surface area (Å²) in [5.74, 6) is 1.18. The topological polar surface area (TPSA) is 46.2 Å². The molecule has 2 saturated carbocycles. The van der Waals surface area contributed by atoms with E-state index >= 15 is 0 Å². The zero-order valence-electron chi connectivity index (χ0n) is 9.21. The Bertz CT molecular complexity index is 196. The summed E-state index contributed by atoms with van der Waals surface area (Å²) in [6.45, 7) is 2.89. The van der Waals surface area contributed by atoms with Crippen molar-refractivity contribution in [2.75, 3.05) is 6.54 Å². The Labute approximate surface area is 86.9 Å². The highest BCUT2D eigenvalue weighted by molar-refractivity contribution is 5.07. The van der Waals surface area contributed by atoms with Gasteiger partial charge in [0.2, 0.25) is 0 Å². The van der Waals surface area contributed by atoms with Crippen LogP contribution in [0.4, 0.5) is 0 Å². The number of hydrogen-bond acceptors (Lipinski definition) is 2. The van der Waals surface area contributed by atoms with E-state index in [0.717, 1.165) is 6.42 Å². The van der Waals surface area contributed by atoms with Crippen LogP contribution in [0.25, 0.3) is 0 Å². The van der Waals surface area contributed by atoms with Crippen LogP contribution in [0, 0.1) is 17.3 Å². The van der Waals surface area contributed by atoms with Gasteiger partial charge in [-0.2, -0.15) is 0 Å². The van der Waals surface area contributed by atoms with Crippen molar-refractivity contribution in [3.63, 3.8) is 0 Å². The van der Waals surface area contributed by atoms with E-state index in [1.807, 2.05) is 0 Å². The first-order valence-corrected chi connectivity index (χ1v) is 6.09. The van der Waals surface area contributed by atoms with Crippen LogP contribution in [-0.2, 0) is 0 Å². The molecule has 0 aromatic heterocycles. The molecule has 0 aromatic rings. The second kappa shape index (κ2) is 3.82. The van der Waals surface area contributed by atoms with Gasteiger partial charge < -0.3 is 10.8 Å². The molecule has 2 rings (SSSR count). The molecule has 0 saturated heterocycles. The molecule has 0 radical (unpaired) electrons. The van der Waals surface area contributed by atoms with E-state index in [4.69, 9.17) is 5.73 Å². The molecule has 0 aliphatic heterocycles. The minimum atomic E-state index is -0.122. The maximum Gasteiger partial charge on any atom is 0.0639 e. The molecule has 2 nitrogen and oxygen atoms in total. The van der Waals surface area contributed by atoms with Crippen LogP contribution in [0.2, 0.25) is 0 Å². The highest BCUT2D eigenvalue weighted by Crippen LogP contribution is 2.56. The smallest absolute Gasteiger partial charge is 0.0639 e. The minimum Gasteiger partial charge on any atom is -0.392 e. The minimum absolute atomic E-state index is 0.0992. The first-order valence-electron chi connectivity index (χ1n) is 6.09. The van der Waals surface area contributed by atoms with Gasteiger partial charge in [-0.25, -0.2) is 0 Å².